The summed E-state index contributed by atoms with van der Waals surface area (Å²) >= 11 is 0. The van der Waals surface area contributed by atoms with E-state index in [0.717, 1.165) is 0 Å². The molecule has 94 valence electrons. The maximum absolute atomic E-state index is 11.3. The van der Waals surface area contributed by atoms with Gasteiger partial charge >= 0.3 is 15.2 Å². The molecule has 0 heterocycles. The Labute approximate surface area is 91.9 Å². The molecule has 0 saturated heterocycles. The second-order valence-corrected chi connectivity index (χ2v) is 6.46. The summed E-state index contributed by atoms with van der Waals surface area (Å²) < 4.78 is 21.3. The van der Waals surface area contributed by atoms with E-state index in [4.69, 9.17) is 19.6 Å². The monoisotopic (exact) mass is 273 g/mol. The van der Waals surface area contributed by atoms with Crippen LogP contribution in [0.1, 0.15) is 6.92 Å². The van der Waals surface area contributed by atoms with Crippen LogP contribution in [0.15, 0.2) is 12.2 Å². The van der Waals surface area contributed by atoms with Crippen LogP contribution in [0, 0.1) is 0 Å². The molecule has 0 atom stereocenters. The van der Waals surface area contributed by atoms with Gasteiger partial charge in [0.2, 0.25) is 5.91 Å². The molecule has 1 amide bonds. The molecule has 16 heavy (non-hydrogen) atoms. The van der Waals surface area contributed by atoms with Crippen LogP contribution in [-0.4, -0.2) is 43.0 Å². The lowest BCUT2D eigenvalue weighted by Crippen LogP contribution is -2.33. The minimum atomic E-state index is -4.58. The van der Waals surface area contributed by atoms with Crippen molar-refractivity contribution in [3.63, 3.8) is 0 Å². The molecule has 0 aromatic carbocycles. The molecule has 0 aliphatic heterocycles. The minimum Gasteiger partial charge on any atom is -0.323 e. The van der Waals surface area contributed by atoms with Gasteiger partial charge in [0.05, 0.1) is 0 Å². The summed E-state index contributed by atoms with van der Waals surface area (Å²) in [6.07, 6.45) is -2.10. The number of carbonyl (C=O) groups excluding carboxylic acids is 1. The third kappa shape index (κ3) is 6.90. The van der Waals surface area contributed by atoms with E-state index in [9.17, 15) is 13.9 Å². The van der Waals surface area contributed by atoms with Gasteiger partial charge in [0.1, 0.15) is 12.6 Å². The zero-order valence-electron chi connectivity index (χ0n) is 8.48. The van der Waals surface area contributed by atoms with Crippen LogP contribution in [-0.2, 0) is 13.9 Å². The fraction of sp³-hybridized carbons (Fsp3) is 0.500. The van der Waals surface area contributed by atoms with Crippen molar-refractivity contribution in [2.45, 2.75) is 6.92 Å². The van der Waals surface area contributed by atoms with Crippen LogP contribution in [0.25, 0.3) is 0 Å². The largest absolute Gasteiger partial charge is 0.344 e. The third-order valence-electron chi connectivity index (χ3n) is 1.36. The van der Waals surface area contributed by atoms with Gasteiger partial charge in [-0.1, -0.05) is 6.58 Å². The van der Waals surface area contributed by atoms with Crippen molar-refractivity contribution in [3.8, 4) is 0 Å². The Morgan fingerprint density at radius 1 is 1.12 bits per heavy atom. The fourth-order valence-corrected chi connectivity index (χ4v) is 2.39. The van der Waals surface area contributed by atoms with Crippen molar-refractivity contribution in [2.24, 2.45) is 0 Å². The Kier molecular flexibility index (Phi) is 5.07. The molecule has 0 unspecified atom stereocenters. The van der Waals surface area contributed by atoms with Crippen LogP contribution in [0.4, 0.5) is 0 Å². The highest BCUT2D eigenvalue weighted by Crippen LogP contribution is 2.41. The topological polar surface area (TPSA) is 135 Å². The molecule has 0 aromatic heterocycles. The lowest BCUT2D eigenvalue weighted by Gasteiger charge is -2.23. The Morgan fingerprint density at radius 3 is 1.62 bits per heavy atom. The molecule has 0 rings (SSSR count). The first-order valence-corrected chi connectivity index (χ1v) is 7.56. The molecule has 10 heteroatoms. The van der Waals surface area contributed by atoms with Crippen LogP contribution in [0.3, 0.4) is 0 Å². The Morgan fingerprint density at radius 2 is 1.44 bits per heavy atom. The van der Waals surface area contributed by atoms with Gasteiger partial charge in [-0.3, -0.25) is 13.9 Å². The standard InChI is InChI=1S/C6H13NO7P2/c1-5(2)6(8)7(3-15(9,10)11)4-16(12,13)14/h1,3-4H2,2H3,(H2,9,10,11)(H2,12,13,14). The Hall–Kier alpha value is -0.490. The first-order valence-electron chi connectivity index (χ1n) is 3.96. The van der Waals surface area contributed by atoms with Crippen LogP contribution < -0.4 is 0 Å². The lowest BCUT2D eigenvalue weighted by atomic mass is 10.3. The van der Waals surface area contributed by atoms with Gasteiger partial charge in [0.15, 0.2) is 0 Å². The summed E-state index contributed by atoms with van der Waals surface area (Å²) in [4.78, 5) is 46.3. The smallest absolute Gasteiger partial charge is 0.323 e. The highest BCUT2D eigenvalue weighted by atomic mass is 31.2. The first-order chi connectivity index (χ1) is 6.92. The number of nitrogens with zero attached hydrogens (tertiary/aromatic N) is 1. The zero-order chi connectivity index (χ0) is 13.1. The minimum absolute atomic E-state index is 0.0677. The Balaban J connectivity index is 4.92. The van der Waals surface area contributed by atoms with Crippen molar-refractivity contribution in [1.82, 2.24) is 4.90 Å². The van der Waals surface area contributed by atoms with Gasteiger partial charge in [-0.2, -0.15) is 0 Å². The molecule has 0 fully saturated rings. The first kappa shape index (κ1) is 15.5. The second kappa shape index (κ2) is 5.23. The van der Waals surface area contributed by atoms with Gasteiger partial charge in [0.25, 0.3) is 0 Å². The van der Waals surface area contributed by atoms with Gasteiger partial charge in [-0.05, 0) is 6.92 Å². The number of hydrogen-bond acceptors (Lipinski definition) is 3. The highest BCUT2D eigenvalue weighted by Gasteiger charge is 2.29. The van der Waals surface area contributed by atoms with Crippen molar-refractivity contribution >= 4 is 21.1 Å². The highest BCUT2D eigenvalue weighted by molar-refractivity contribution is 7.52. The average molecular weight is 273 g/mol. The van der Waals surface area contributed by atoms with Crippen molar-refractivity contribution in [3.05, 3.63) is 12.2 Å². The van der Waals surface area contributed by atoms with Gasteiger partial charge in [-0.15, -0.1) is 0 Å². The third-order valence-corrected chi connectivity index (χ3v) is 2.78. The van der Waals surface area contributed by atoms with E-state index in [1.54, 1.807) is 0 Å². The van der Waals surface area contributed by atoms with E-state index in [-0.39, 0.29) is 5.57 Å². The maximum atomic E-state index is 11.3. The predicted molar refractivity (Wildman–Crippen MR) is 55.5 cm³/mol. The summed E-state index contributed by atoms with van der Waals surface area (Å²) in [5, 5.41) is 0. The SMILES string of the molecule is C=C(C)C(=O)N(CP(=O)(O)O)CP(=O)(O)O. The molecule has 0 aromatic rings. The molecular weight excluding hydrogens is 260 g/mol. The molecule has 8 nitrogen and oxygen atoms in total. The predicted octanol–water partition coefficient (Wildman–Crippen LogP) is -0.339. The number of carbonyl (C=O) groups is 1. The van der Waals surface area contributed by atoms with Crippen molar-refractivity contribution in [2.75, 3.05) is 12.6 Å². The quantitative estimate of drug-likeness (QED) is 0.397. The summed E-state index contributed by atoms with van der Waals surface area (Å²) in [5.74, 6) is -0.911. The van der Waals surface area contributed by atoms with E-state index in [1.807, 2.05) is 0 Å². The maximum Gasteiger partial charge on any atom is 0.344 e. The van der Waals surface area contributed by atoms with Gasteiger partial charge in [-0.25, -0.2) is 0 Å². The van der Waals surface area contributed by atoms with Crippen LogP contribution in [0.2, 0.25) is 0 Å². The van der Waals surface area contributed by atoms with Crippen LogP contribution in [0.5, 0.6) is 0 Å². The summed E-state index contributed by atoms with van der Waals surface area (Å²) in [7, 11) is -9.16. The molecule has 0 radical (unpaired) electrons. The van der Waals surface area contributed by atoms with Crippen molar-refractivity contribution < 1.29 is 33.5 Å². The molecule has 0 aliphatic rings. The molecule has 0 spiro atoms. The molecular formula is C6H13NO7P2. The Bertz CT molecular complexity index is 356. The summed E-state index contributed by atoms with van der Waals surface area (Å²) in [5.41, 5.74) is -0.0677. The average Bonchev–Trinajstić information content (AvgIpc) is 1.95. The summed E-state index contributed by atoms with van der Waals surface area (Å²) in [6.45, 7) is 4.51. The van der Waals surface area contributed by atoms with Crippen molar-refractivity contribution in [1.29, 1.82) is 0 Å². The van der Waals surface area contributed by atoms with Gasteiger partial charge in [0, 0.05) is 5.57 Å². The van der Waals surface area contributed by atoms with Crippen LogP contribution >= 0.6 is 15.2 Å². The van der Waals surface area contributed by atoms with E-state index in [1.165, 1.54) is 6.92 Å². The van der Waals surface area contributed by atoms with E-state index < -0.39 is 33.7 Å². The number of rotatable bonds is 5. The normalized spacial score (nSPS) is 12.3. The van der Waals surface area contributed by atoms with E-state index in [2.05, 4.69) is 6.58 Å². The molecule has 0 aliphatic carbocycles. The van der Waals surface area contributed by atoms with E-state index >= 15 is 0 Å². The lowest BCUT2D eigenvalue weighted by molar-refractivity contribution is -0.125. The second-order valence-electron chi connectivity index (χ2n) is 3.24. The number of amides is 1. The molecule has 0 bridgehead atoms. The molecule has 4 N–H and O–H groups in total. The number of hydrogen-bond donors (Lipinski definition) is 4. The fourth-order valence-electron chi connectivity index (χ4n) is 0.888. The van der Waals surface area contributed by atoms with Gasteiger partial charge < -0.3 is 24.5 Å². The summed E-state index contributed by atoms with van der Waals surface area (Å²) in [6, 6.07) is 0. The molecule has 0 saturated carbocycles. The zero-order valence-corrected chi connectivity index (χ0v) is 10.3. The van der Waals surface area contributed by atoms with E-state index in [0.29, 0.717) is 4.90 Å².